The maximum Gasteiger partial charge on any atom is 0.137 e. The number of fused-ring (bicyclic) bond motifs is 3. The molecule has 1 aromatic heterocycles. The van der Waals surface area contributed by atoms with Gasteiger partial charge in [-0.05, 0) is 18.2 Å². The lowest BCUT2D eigenvalue weighted by atomic mass is 10.1. The molecule has 2 aromatic carbocycles. The number of nitrogens with two attached hydrogens (primary N) is 1. The van der Waals surface area contributed by atoms with Crippen LogP contribution >= 0.6 is 12.6 Å². The fraction of sp³-hybridized carbons (Fsp3) is 0. The molecule has 3 heteroatoms. The second-order valence-corrected chi connectivity index (χ2v) is 3.95. The number of rotatable bonds is 0. The molecular formula is C12H9NOS. The van der Waals surface area contributed by atoms with Gasteiger partial charge in [-0.25, -0.2) is 0 Å². The van der Waals surface area contributed by atoms with Gasteiger partial charge in [-0.15, -0.1) is 12.6 Å². The molecule has 0 saturated heterocycles. The third kappa shape index (κ3) is 1.13. The standard InChI is InChI=1S/C12H9NOS/c13-12-10(15)6-5-9-11(12)7-3-1-2-4-8(7)14-9/h1-6,15H,13H2. The highest BCUT2D eigenvalue weighted by Crippen LogP contribution is 2.35. The zero-order valence-corrected chi connectivity index (χ0v) is 8.79. The van der Waals surface area contributed by atoms with E-state index in [-0.39, 0.29) is 0 Å². The number of hydrogen-bond acceptors (Lipinski definition) is 3. The summed E-state index contributed by atoms with van der Waals surface area (Å²) in [5, 5.41) is 2.00. The Morgan fingerprint density at radius 3 is 2.67 bits per heavy atom. The lowest BCUT2D eigenvalue weighted by molar-refractivity contribution is 0.669. The first-order valence-electron chi connectivity index (χ1n) is 4.66. The highest BCUT2D eigenvalue weighted by atomic mass is 32.1. The van der Waals surface area contributed by atoms with Gasteiger partial charge in [0.05, 0.1) is 11.1 Å². The maximum atomic E-state index is 5.99. The summed E-state index contributed by atoms with van der Waals surface area (Å²) in [4.78, 5) is 0.786. The molecule has 15 heavy (non-hydrogen) atoms. The van der Waals surface area contributed by atoms with Crippen LogP contribution in [0.25, 0.3) is 21.9 Å². The van der Waals surface area contributed by atoms with Gasteiger partial charge in [0, 0.05) is 10.3 Å². The van der Waals surface area contributed by atoms with Crippen molar-refractivity contribution in [1.82, 2.24) is 0 Å². The van der Waals surface area contributed by atoms with Crippen LogP contribution in [0.5, 0.6) is 0 Å². The van der Waals surface area contributed by atoms with E-state index in [9.17, 15) is 0 Å². The minimum Gasteiger partial charge on any atom is -0.456 e. The highest BCUT2D eigenvalue weighted by molar-refractivity contribution is 7.80. The molecule has 0 fully saturated rings. The van der Waals surface area contributed by atoms with Crippen LogP contribution in [-0.4, -0.2) is 0 Å². The zero-order valence-electron chi connectivity index (χ0n) is 7.90. The molecule has 3 rings (SSSR count). The molecule has 0 spiro atoms. The van der Waals surface area contributed by atoms with Crippen LogP contribution in [0.3, 0.4) is 0 Å². The first kappa shape index (κ1) is 8.68. The Balaban J connectivity index is 2.63. The van der Waals surface area contributed by atoms with Crippen molar-refractivity contribution in [2.24, 2.45) is 0 Å². The molecule has 0 aliphatic heterocycles. The Bertz CT molecular complexity index is 657. The molecule has 0 aliphatic carbocycles. The fourth-order valence-electron chi connectivity index (χ4n) is 1.83. The highest BCUT2D eigenvalue weighted by Gasteiger charge is 2.10. The summed E-state index contributed by atoms with van der Waals surface area (Å²) in [6.07, 6.45) is 0. The van der Waals surface area contributed by atoms with Crippen molar-refractivity contribution < 1.29 is 4.42 Å². The molecule has 2 N–H and O–H groups in total. The Kier molecular flexibility index (Phi) is 1.70. The lowest BCUT2D eigenvalue weighted by Gasteiger charge is -1.99. The fourth-order valence-corrected chi connectivity index (χ4v) is 2.02. The van der Waals surface area contributed by atoms with Gasteiger partial charge in [0.15, 0.2) is 0 Å². The van der Waals surface area contributed by atoms with E-state index in [1.165, 1.54) is 0 Å². The smallest absolute Gasteiger partial charge is 0.137 e. The number of furan rings is 1. The van der Waals surface area contributed by atoms with Crippen molar-refractivity contribution in [2.75, 3.05) is 5.73 Å². The molecule has 0 radical (unpaired) electrons. The minimum atomic E-state index is 0.681. The van der Waals surface area contributed by atoms with Crippen LogP contribution in [0.15, 0.2) is 45.7 Å². The van der Waals surface area contributed by atoms with Crippen molar-refractivity contribution >= 4 is 40.3 Å². The number of anilines is 1. The van der Waals surface area contributed by atoms with Crippen molar-refractivity contribution in [3.8, 4) is 0 Å². The van der Waals surface area contributed by atoms with E-state index in [0.29, 0.717) is 5.69 Å². The van der Waals surface area contributed by atoms with E-state index >= 15 is 0 Å². The van der Waals surface area contributed by atoms with Gasteiger partial charge >= 0.3 is 0 Å². The number of hydrogen-bond donors (Lipinski definition) is 2. The summed E-state index contributed by atoms with van der Waals surface area (Å²) < 4.78 is 5.67. The van der Waals surface area contributed by atoms with E-state index < -0.39 is 0 Å². The van der Waals surface area contributed by atoms with Gasteiger partial charge in [-0.1, -0.05) is 18.2 Å². The normalized spacial score (nSPS) is 11.3. The molecule has 1 heterocycles. The van der Waals surface area contributed by atoms with Gasteiger partial charge in [-0.2, -0.15) is 0 Å². The Morgan fingerprint density at radius 1 is 1.00 bits per heavy atom. The molecule has 2 nitrogen and oxygen atoms in total. The first-order chi connectivity index (χ1) is 7.27. The predicted molar refractivity (Wildman–Crippen MR) is 65.4 cm³/mol. The van der Waals surface area contributed by atoms with Crippen molar-refractivity contribution in [3.05, 3.63) is 36.4 Å². The van der Waals surface area contributed by atoms with Gasteiger partial charge in [0.1, 0.15) is 11.2 Å². The van der Waals surface area contributed by atoms with E-state index in [2.05, 4.69) is 12.6 Å². The first-order valence-corrected chi connectivity index (χ1v) is 5.11. The maximum absolute atomic E-state index is 5.99. The molecule has 0 unspecified atom stereocenters. The van der Waals surface area contributed by atoms with Crippen LogP contribution in [0.4, 0.5) is 5.69 Å². The summed E-state index contributed by atoms with van der Waals surface area (Å²) in [5.41, 5.74) is 8.34. The van der Waals surface area contributed by atoms with Gasteiger partial charge in [0.25, 0.3) is 0 Å². The van der Waals surface area contributed by atoms with Gasteiger partial charge in [0.2, 0.25) is 0 Å². The molecule has 0 aliphatic rings. The summed E-state index contributed by atoms with van der Waals surface area (Å²) in [7, 11) is 0. The third-order valence-electron chi connectivity index (χ3n) is 2.56. The number of thiol groups is 1. The molecule has 0 atom stereocenters. The van der Waals surface area contributed by atoms with Crippen molar-refractivity contribution in [3.63, 3.8) is 0 Å². The predicted octanol–water partition coefficient (Wildman–Crippen LogP) is 3.46. The Morgan fingerprint density at radius 2 is 1.80 bits per heavy atom. The molecule has 0 saturated carbocycles. The average molecular weight is 215 g/mol. The topological polar surface area (TPSA) is 39.2 Å². The molecule has 0 amide bonds. The number of benzene rings is 2. The third-order valence-corrected chi connectivity index (χ3v) is 2.95. The second-order valence-electron chi connectivity index (χ2n) is 3.47. The summed E-state index contributed by atoms with van der Waals surface area (Å²) in [6.45, 7) is 0. The molecule has 0 bridgehead atoms. The molecule has 3 aromatic rings. The van der Waals surface area contributed by atoms with E-state index in [1.54, 1.807) is 0 Å². The monoisotopic (exact) mass is 215 g/mol. The average Bonchev–Trinajstić information content (AvgIpc) is 2.62. The summed E-state index contributed by atoms with van der Waals surface area (Å²) >= 11 is 4.31. The number of nitrogen functional groups attached to an aromatic ring is 1. The van der Waals surface area contributed by atoms with Gasteiger partial charge < -0.3 is 10.2 Å². The SMILES string of the molecule is Nc1c(S)ccc2oc3ccccc3c12. The second kappa shape index (κ2) is 2.94. The van der Waals surface area contributed by atoms with Crippen LogP contribution in [-0.2, 0) is 0 Å². The molecular weight excluding hydrogens is 206 g/mol. The summed E-state index contributed by atoms with van der Waals surface area (Å²) in [5.74, 6) is 0. The van der Waals surface area contributed by atoms with Crippen LogP contribution in [0, 0.1) is 0 Å². The number of para-hydroxylation sites is 1. The van der Waals surface area contributed by atoms with Crippen LogP contribution in [0.2, 0.25) is 0 Å². The van der Waals surface area contributed by atoms with E-state index in [1.807, 2.05) is 36.4 Å². The minimum absolute atomic E-state index is 0.681. The Labute approximate surface area is 92.1 Å². The zero-order chi connectivity index (χ0) is 10.4. The van der Waals surface area contributed by atoms with Gasteiger partial charge in [-0.3, -0.25) is 0 Å². The van der Waals surface area contributed by atoms with E-state index in [4.69, 9.17) is 10.2 Å². The molecule has 74 valence electrons. The van der Waals surface area contributed by atoms with Crippen molar-refractivity contribution in [2.45, 2.75) is 4.90 Å². The largest absolute Gasteiger partial charge is 0.456 e. The quantitative estimate of drug-likeness (QED) is 0.445. The van der Waals surface area contributed by atoms with Crippen LogP contribution < -0.4 is 5.73 Å². The van der Waals surface area contributed by atoms with Crippen LogP contribution in [0.1, 0.15) is 0 Å². The van der Waals surface area contributed by atoms with E-state index in [0.717, 1.165) is 26.8 Å². The van der Waals surface area contributed by atoms with Crippen molar-refractivity contribution in [1.29, 1.82) is 0 Å². The Hall–Kier alpha value is -1.61. The summed E-state index contributed by atoms with van der Waals surface area (Å²) in [6, 6.07) is 11.6. The lowest BCUT2D eigenvalue weighted by Crippen LogP contribution is -1.86.